The van der Waals surface area contributed by atoms with E-state index in [4.69, 9.17) is 11.6 Å². The number of carbonyl (C=O) groups is 1. The summed E-state index contributed by atoms with van der Waals surface area (Å²) in [5.74, 6) is -0.0995. The molecule has 4 rings (SSSR count). The molecule has 178 valence electrons. The number of aliphatic hydroxyl groups is 1. The van der Waals surface area contributed by atoms with E-state index in [0.717, 1.165) is 5.52 Å². The van der Waals surface area contributed by atoms with E-state index in [1.807, 2.05) is 18.4 Å². The van der Waals surface area contributed by atoms with Crippen LogP contribution in [-0.4, -0.2) is 36.3 Å². The van der Waals surface area contributed by atoms with Gasteiger partial charge in [0, 0.05) is 40.7 Å². The summed E-state index contributed by atoms with van der Waals surface area (Å²) in [6.07, 6.45) is 0.788. The van der Waals surface area contributed by atoms with Gasteiger partial charge in [-0.05, 0) is 63.2 Å². The van der Waals surface area contributed by atoms with Crippen molar-refractivity contribution in [1.29, 1.82) is 0 Å². The highest BCUT2D eigenvalue weighted by molar-refractivity contribution is 6.20. The maximum absolute atomic E-state index is 13.1. The molecule has 0 aliphatic carbocycles. The summed E-state index contributed by atoms with van der Waals surface area (Å²) in [7, 11) is 0. The van der Waals surface area contributed by atoms with Crippen molar-refractivity contribution in [3.05, 3.63) is 60.0 Å². The first-order chi connectivity index (χ1) is 16.0. The summed E-state index contributed by atoms with van der Waals surface area (Å²) in [5.41, 5.74) is -0.465. The molecule has 0 spiro atoms. The second-order valence-electron chi connectivity index (χ2n) is 8.00. The van der Waals surface area contributed by atoms with Crippen LogP contribution < -0.4 is 10.1 Å². The Morgan fingerprint density at radius 2 is 1.91 bits per heavy atom. The number of halogens is 3. The lowest BCUT2D eigenvalue weighted by Gasteiger charge is -2.16. The molecular weight excluding hydrogens is 468 g/mol. The Balaban J connectivity index is 1.74. The van der Waals surface area contributed by atoms with Crippen LogP contribution in [0.2, 0.25) is 0 Å². The van der Waals surface area contributed by atoms with Crippen molar-refractivity contribution in [3.8, 4) is 17.0 Å². The Kier molecular flexibility index (Phi) is 6.28. The molecule has 2 heterocycles. The van der Waals surface area contributed by atoms with Gasteiger partial charge >= 0.3 is 5.57 Å². The molecule has 0 unspecified atom stereocenters. The molecular formula is C23H22ClF2N5O3. The smallest absolute Gasteiger partial charge is 0.420 e. The molecule has 34 heavy (non-hydrogen) atoms. The lowest BCUT2D eigenvalue weighted by atomic mass is 10.0. The molecule has 0 saturated carbocycles. The molecule has 0 saturated heterocycles. The minimum atomic E-state index is -3.83. The minimum absolute atomic E-state index is 0.00273. The number of hydrogen-bond donors (Lipinski definition) is 3. The normalized spacial score (nSPS) is 12.8. The average Bonchev–Trinajstić information content (AvgIpc) is 3.41. The van der Waals surface area contributed by atoms with Crippen LogP contribution in [0.1, 0.15) is 49.1 Å². The highest BCUT2D eigenvalue weighted by Gasteiger charge is 2.27. The SMILES string of the molecule is CC(C)n1c([C@H](C)O)nc2cc(C(=O)Nc3ccc(OC(F)(F)Cl)cc3)cc(-c3ccn[nH]3)c21. The van der Waals surface area contributed by atoms with Crippen molar-refractivity contribution >= 4 is 34.2 Å². The van der Waals surface area contributed by atoms with Crippen molar-refractivity contribution in [3.63, 3.8) is 0 Å². The third kappa shape index (κ3) is 4.87. The zero-order valence-electron chi connectivity index (χ0n) is 18.5. The lowest BCUT2D eigenvalue weighted by molar-refractivity contribution is -0.0964. The van der Waals surface area contributed by atoms with Crippen molar-refractivity contribution in [2.75, 3.05) is 5.32 Å². The highest BCUT2D eigenvalue weighted by Crippen LogP contribution is 2.34. The van der Waals surface area contributed by atoms with E-state index in [0.29, 0.717) is 33.8 Å². The predicted octanol–water partition coefficient (Wildman–Crippen LogP) is 5.48. The number of fused-ring (bicyclic) bond motifs is 1. The molecule has 4 aromatic rings. The Morgan fingerprint density at radius 3 is 2.47 bits per heavy atom. The molecule has 0 aliphatic rings. The van der Waals surface area contributed by atoms with Crippen LogP contribution in [0.5, 0.6) is 5.75 Å². The van der Waals surface area contributed by atoms with E-state index >= 15 is 0 Å². The van der Waals surface area contributed by atoms with Gasteiger partial charge in [0.05, 0.1) is 16.7 Å². The molecule has 0 bridgehead atoms. The zero-order chi connectivity index (χ0) is 24.6. The molecule has 8 nitrogen and oxygen atoms in total. The van der Waals surface area contributed by atoms with Crippen molar-refractivity contribution in [1.82, 2.24) is 19.7 Å². The summed E-state index contributed by atoms with van der Waals surface area (Å²) in [5, 5.41) is 20.0. The third-order valence-corrected chi connectivity index (χ3v) is 5.18. The topological polar surface area (TPSA) is 105 Å². The molecule has 0 aliphatic heterocycles. The van der Waals surface area contributed by atoms with Gasteiger partial charge in [-0.25, -0.2) is 4.98 Å². The highest BCUT2D eigenvalue weighted by atomic mass is 35.5. The van der Waals surface area contributed by atoms with Crippen LogP contribution >= 0.6 is 11.6 Å². The van der Waals surface area contributed by atoms with E-state index in [9.17, 15) is 18.7 Å². The molecule has 3 N–H and O–H groups in total. The number of hydrogen-bond acceptors (Lipinski definition) is 5. The lowest BCUT2D eigenvalue weighted by Crippen LogP contribution is -2.16. The fourth-order valence-electron chi connectivity index (χ4n) is 3.75. The summed E-state index contributed by atoms with van der Waals surface area (Å²) < 4.78 is 31.8. The summed E-state index contributed by atoms with van der Waals surface area (Å²) in [6.45, 7) is 5.60. The number of nitrogens with one attached hydrogen (secondary N) is 2. The van der Waals surface area contributed by atoms with Gasteiger partial charge in [-0.2, -0.15) is 5.10 Å². The van der Waals surface area contributed by atoms with E-state index < -0.39 is 17.6 Å². The second kappa shape index (κ2) is 9.03. The van der Waals surface area contributed by atoms with Gasteiger partial charge in [-0.1, -0.05) is 0 Å². The molecule has 0 radical (unpaired) electrons. The van der Waals surface area contributed by atoms with Crippen molar-refractivity contribution in [2.24, 2.45) is 0 Å². The summed E-state index contributed by atoms with van der Waals surface area (Å²) >= 11 is 4.77. The van der Waals surface area contributed by atoms with Gasteiger partial charge in [0.1, 0.15) is 17.7 Å². The van der Waals surface area contributed by atoms with Gasteiger partial charge < -0.3 is 19.7 Å². The quantitative estimate of drug-likeness (QED) is 0.298. The maximum Gasteiger partial charge on any atom is 0.487 e. The van der Waals surface area contributed by atoms with Crippen LogP contribution in [0.15, 0.2) is 48.7 Å². The number of H-pyrrole nitrogens is 1. The maximum atomic E-state index is 13.1. The van der Waals surface area contributed by atoms with Crippen LogP contribution in [0, 0.1) is 0 Å². The second-order valence-corrected chi connectivity index (χ2v) is 8.44. The van der Waals surface area contributed by atoms with E-state index in [-0.39, 0.29) is 11.8 Å². The van der Waals surface area contributed by atoms with Crippen LogP contribution in [0.3, 0.4) is 0 Å². The molecule has 2 aromatic heterocycles. The number of aliphatic hydroxyl groups excluding tert-OH is 1. The van der Waals surface area contributed by atoms with Crippen LogP contribution in [0.25, 0.3) is 22.3 Å². The first-order valence-electron chi connectivity index (χ1n) is 10.4. The Bertz CT molecular complexity index is 1310. The first-order valence-corrected chi connectivity index (χ1v) is 10.8. The van der Waals surface area contributed by atoms with Crippen molar-refractivity contribution < 1.29 is 23.4 Å². The summed E-state index contributed by atoms with van der Waals surface area (Å²) in [6, 6.07) is 10.5. The third-order valence-electron chi connectivity index (χ3n) is 5.10. The van der Waals surface area contributed by atoms with Gasteiger partial charge in [0.15, 0.2) is 0 Å². The minimum Gasteiger partial charge on any atom is -0.420 e. The van der Waals surface area contributed by atoms with E-state index in [1.165, 1.54) is 24.3 Å². The number of ether oxygens (including phenoxy) is 1. The molecule has 0 fully saturated rings. The number of alkyl halides is 3. The fourth-order valence-corrected chi connectivity index (χ4v) is 3.84. The standard InChI is InChI=1S/C23H22ClF2N5O3/c1-12(2)31-20-17(18-8-9-27-30-18)10-14(11-19(20)29-21(31)13(3)32)22(33)28-15-4-6-16(7-5-15)34-23(24,25)26/h4-13,32H,1-3H3,(H,27,30)(H,28,33)/t13-/m0/s1. The van der Waals surface area contributed by atoms with Gasteiger partial charge in [0.25, 0.3) is 5.91 Å². The number of anilines is 1. The average molecular weight is 490 g/mol. The Morgan fingerprint density at radius 1 is 1.21 bits per heavy atom. The van der Waals surface area contributed by atoms with Gasteiger partial charge in [-0.15, -0.1) is 8.78 Å². The number of carbonyl (C=O) groups excluding carboxylic acids is 1. The largest absolute Gasteiger partial charge is 0.487 e. The number of rotatable bonds is 7. The monoisotopic (exact) mass is 489 g/mol. The van der Waals surface area contributed by atoms with E-state index in [1.54, 1.807) is 31.3 Å². The van der Waals surface area contributed by atoms with Gasteiger partial charge in [-0.3, -0.25) is 9.89 Å². The molecule has 11 heteroatoms. The summed E-state index contributed by atoms with van der Waals surface area (Å²) in [4.78, 5) is 17.7. The number of benzene rings is 2. The Hall–Kier alpha value is -3.50. The molecule has 2 aromatic carbocycles. The molecule has 1 atom stereocenters. The van der Waals surface area contributed by atoms with Crippen LogP contribution in [-0.2, 0) is 0 Å². The molecule has 1 amide bonds. The number of aromatic amines is 1. The number of imidazole rings is 1. The van der Waals surface area contributed by atoms with Gasteiger partial charge in [0.2, 0.25) is 0 Å². The predicted molar refractivity (Wildman–Crippen MR) is 124 cm³/mol. The van der Waals surface area contributed by atoms with Crippen LogP contribution in [0.4, 0.5) is 14.5 Å². The first kappa shape index (κ1) is 23.7. The number of nitrogens with zero attached hydrogens (tertiary/aromatic N) is 3. The number of aromatic nitrogens is 4. The zero-order valence-corrected chi connectivity index (χ0v) is 19.3. The fraction of sp³-hybridized carbons (Fsp3) is 0.261. The Labute approximate surface area is 198 Å². The van der Waals surface area contributed by atoms with Crippen molar-refractivity contribution in [2.45, 2.75) is 38.5 Å². The number of amides is 1. The van der Waals surface area contributed by atoms with E-state index in [2.05, 4.69) is 25.2 Å².